The Balaban J connectivity index is 1.53. The minimum Gasteiger partial charge on any atom is -0.488 e. The number of hydrogen-bond donors (Lipinski definition) is 1. The summed E-state index contributed by atoms with van der Waals surface area (Å²) in [5.74, 6) is 0.953. The van der Waals surface area contributed by atoms with Crippen LogP contribution in [0.1, 0.15) is 39.2 Å². The van der Waals surface area contributed by atoms with Gasteiger partial charge in [-0.3, -0.25) is 9.69 Å². The number of rotatable bonds is 10. The third-order valence-electron chi connectivity index (χ3n) is 4.96. The lowest BCUT2D eigenvalue weighted by Crippen LogP contribution is -2.45. The normalized spacial score (nSPS) is 16.2. The number of para-hydroxylation sites is 1. The molecule has 3 rings (SSSR count). The Morgan fingerprint density at radius 3 is 2.74 bits per heavy atom. The fraction of sp³-hybridized carbons (Fsp3) is 0.458. The van der Waals surface area contributed by atoms with Gasteiger partial charge in [0.15, 0.2) is 0 Å². The molecule has 1 aromatic heterocycles. The first-order chi connectivity index (χ1) is 14.9. The van der Waals surface area contributed by atoms with Crippen molar-refractivity contribution in [3.8, 4) is 5.75 Å². The highest BCUT2D eigenvalue weighted by atomic mass is 16.6. The Kier molecular flexibility index (Phi) is 7.63. The number of nitrogens with zero attached hydrogens (tertiary/aromatic N) is 2. The zero-order chi connectivity index (χ0) is 22.3. The Morgan fingerprint density at radius 2 is 2.06 bits per heavy atom. The summed E-state index contributed by atoms with van der Waals surface area (Å²) in [6.45, 7) is 6.87. The molecule has 1 aromatic carbocycles. The molecule has 166 valence electrons. The van der Waals surface area contributed by atoms with Crippen LogP contribution in [0.2, 0.25) is 0 Å². The number of benzene rings is 1. The fourth-order valence-corrected chi connectivity index (χ4v) is 3.59. The molecular formula is C24H31N3O4. The van der Waals surface area contributed by atoms with Crippen LogP contribution >= 0.6 is 0 Å². The zero-order valence-electron chi connectivity index (χ0n) is 18.4. The van der Waals surface area contributed by atoms with Gasteiger partial charge in [0, 0.05) is 19.2 Å². The second-order valence-corrected chi connectivity index (χ2v) is 8.65. The first kappa shape index (κ1) is 22.7. The predicted molar refractivity (Wildman–Crippen MR) is 119 cm³/mol. The van der Waals surface area contributed by atoms with Crippen molar-refractivity contribution in [3.05, 3.63) is 54.2 Å². The molecule has 0 saturated heterocycles. The van der Waals surface area contributed by atoms with Gasteiger partial charge in [0.25, 0.3) is 0 Å². The molecule has 1 aliphatic heterocycles. The third-order valence-corrected chi connectivity index (χ3v) is 4.96. The summed E-state index contributed by atoms with van der Waals surface area (Å²) in [5, 5.41) is 3.40. The largest absolute Gasteiger partial charge is 0.488 e. The number of amides is 1. The van der Waals surface area contributed by atoms with Gasteiger partial charge in [-0.15, -0.1) is 0 Å². The van der Waals surface area contributed by atoms with Crippen molar-refractivity contribution in [3.63, 3.8) is 0 Å². The van der Waals surface area contributed by atoms with E-state index in [2.05, 4.69) is 16.4 Å². The standard InChI is InChI=1S/C24H31N3O4/c1-24(2,3)31-23(29)20(27(17-28)22-12-6-7-14-26-22)10-8-13-25-16-19-15-18-9-4-5-11-21(18)30-19/h4-7,9,11-12,14,17,19-20,25H,8,10,13,15-16H2,1-3H3. The number of nitrogens with one attached hydrogen (secondary N) is 1. The number of pyridine rings is 1. The van der Waals surface area contributed by atoms with Crippen molar-refractivity contribution in [1.82, 2.24) is 10.3 Å². The van der Waals surface area contributed by atoms with Crippen LogP contribution in [-0.4, -0.2) is 48.2 Å². The Bertz CT molecular complexity index is 842. The second-order valence-electron chi connectivity index (χ2n) is 8.65. The molecule has 0 bridgehead atoms. The molecule has 2 aromatic rings. The summed E-state index contributed by atoms with van der Waals surface area (Å²) in [5.41, 5.74) is 0.595. The maximum absolute atomic E-state index is 12.8. The second kappa shape index (κ2) is 10.4. The van der Waals surface area contributed by atoms with E-state index in [1.807, 2.05) is 39.0 Å². The highest BCUT2D eigenvalue weighted by molar-refractivity contribution is 5.88. The lowest BCUT2D eigenvalue weighted by atomic mass is 10.1. The van der Waals surface area contributed by atoms with Crippen molar-refractivity contribution in [2.45, 2.75) is 57.8 Å². The quantitative estimate of drug-likeness (QED) is 0.358. The van der Waals surface area contributed by atoms with E-state index in [1.165, 1.54) is 10.5 Å². The van der Waals surface area contributed by atoms with Crippen LogP contribution in [0.3, 0.4) is 0 Å². The lowest BCUT2D eigenvalue weighted by molar-refractivity contribution is -0.157. The summed E-state index contributed by atoms with van der Waals surface area (Å²) < 4.78 is 11.5. The summed E-state index contributed by atoms with van der Waals surface area (Å²) in [6, 6.07) is 12.6. The minimum atomic E-state index is -0.736. The number of carbonyl (C=O) groups is 2. The highest BCUT2D eigenvalue weighted by Crippen LogP contribution is 2.27. The molecule has 0 saturated carbocycles. The van der Waals surface area contributed by atoms with Gasteiger partial charge in [0.1, 0.15) is 29.3 Å². The number of fused-ring (bicyclic) bond motifs is 1. The molecule has 7 nitrogen and oxygen atoms in total. The number of hydrogen-bond acceptors (Lipinski definition) is 6. The van der Waals surface area contributed by atoms with Crippen LogP contribution in [0.25, 0.3) is 0 Å². The molecule has 1 aliphatic rings. The number of ether oxygens (including phenoxy) is 2. The summed E-state index contributed by atoms with van der Waals surface area (Å²) in [6.07, 6.45) is 4.40. The average molecular weight is 426 g/mol. The molecule has 0 fully saturated rings. The van der Waals surface area contributed by atoms with Crippen LogP contribution in [0.15, 0.2) is 48.7 Å². The van der Waals surface area contributed by atoms with Crippen LogP contribution in [0.4, 0.5) is 5.82 Å². The van der Waals surface area contributed by atoms with Crippen molar-refractivity contribution >= 4 is 18.2 Å². The molecule has 2 atom stereocenters. The van der Waals surface area contributed by atoms with Gasteiger partial charge < -0.3 is 14.8 Å². The molecule has 0 aliphatic carbocycles. The Morgan fingerprint density at radius 1 is 1.29 bits per heavy atom. The zero-order valence-corrected chi connectivity index (χ0v) is 18.4. The van der Waals surface area contributed by atoms with E-state index in [9.17, 15) is 9.59 Å². The van der Waals surface area contributed by atoms with E-state index in [4.69, 9.17) is 9.47 Å². The molecule has 2 heterocycles. The van der Waals surface area contributed by atoms with Crippen molar-refractivity contribution in [2.24, 2.45) is 0 Å². The molecule has 1 N–H and O–H groups in total. The predicted octanol–water partition coefficient (Wildman–Crippen LogP) is 3.13. The topological polar surface area (TPSA) is 80.8 Å². The monoisotopic (exact) mass is 425 g/mol. The number of anilines is 1. The molecular weight excluding hydrogens is 394 g/mol. The lowest BCUT2D eigenvalue weighted by Gasteiger charge is -2.29. The summed E-state index contributed by atoms with van der Waals surface area (Å²) in [4.78, 5) is 30.2. The van der Waals surface area contributed by atoms with Crippen molar-refractivity contribution in [2.75, 3.05) is 18.0 Å². The van der Waals surface area contributed by atoms with Gasteiger partial charge in [-0.2, -0.15) is 0 Å². The summed E-state index contributed by atoms with van der Waals surface area (Å²) in [7, 11) is 0. The van der Waals surface area contributed by atoms with E-state index in [0.29, 0.717) is 31.6 Å². The van der Waals surface area contributed by atoms with Gasteiger partial charge in [-0.05, 0) is 63.9 Å². The van der Waals surface area contributed by atoms with Crippen molar-refractivity contribution < 1.29 is 19.1 Å². The molecule has 2 unspecified atom stereocenters. The van der Waals surface area contributed by atoms with Gasteiger partial charge in [0.2, 0.25) is 6.41 Å². The van der Waals surface area contributed by atoms with Gasteiger partial charge in [-0.1, -0.05) is 24.3 Å². The average Bonchev–Trinajstić information content (AvgIpc) is 3.15. The summed E-state index contributed by atoms with van der Waals surface area (Å²) >= 11 is 0. The van der Waals surface area contributed by atoms with Gasteiger partial charge in [0.05, 0.1) is 0 Å². The highest BCUT2D eigenvalue weighted by Gasteiger charge is 2.31. The maximum atomic E-state index is 12.8. The Labute approximate surface area is 183 Å². The van der Waals surface area contributed by atoms with E-state index >= 15 is 0 Å². The van der Waals surface area contributed by atoms with E-state index in [-0.39, 0.29) is 6.10 Å². The van der Waals surface area contributed by atoms with Gasteiger partial charge in [-0.25, -0.2) is 9.78 Å². The minimum absolute atomic E-state index is 0.110. The number of carbonyl (C=O) groups excluding carboxylic acids is 2. The molecule has 7 heteroatoms. The van der Waals surface area contributed by atoms with Crippen LogP contribution in [-0.2, 0) is 20.7 Å². The van der Waals surface area contributed by atoms with Crippen molar-refractivity contribution in [1.29, 1.82) is 0 Å². The molecule has 1 amide bonds. The first-order valence-corrected chi connectivity index (χ1v) is 10.7. The van der Waals surface area contributed by atoms with Crippen LogP contribution in [0.5, 0.6) is 5.75 Å². The van der Waals surface area contributed by atoms with Crippen LogP contribution in [0, 0.1) is 0 Å². The van der Waals surface area contributed by atoms with E-state index in [1.54, 1.807) is 24.4 Å². The molecule has 0 radical (unpaired) electrons. The van der Waals surface area contributed by atoms with E-state index < -0.39 is 17.6 Å². The first-order valence-electron chi connectivity index (χ1n) is 10.7. The fourth-order valence-electron chi connectivity index (χ4n) is 3.59. The van der Waals surface area contributed by atoms with Gasteiger partial charge >= 0.3 is 5.97 Å². The smallest absolute Gasteiger partial charge is 0.329 e. The van der Waals surface area contributed by atoms with Crippen LogP contribution < -0.4 is 15.0 Å². The maximum Gasteiger partial charge on any atom is 0.329 e. The molecule has 31 heavy (non-hydrogen) atoms. The molecule has 0 spiro atoms. The Hall–Kier alpha value is -2.93. The van der Waals surface area contributed by atoms with E-state index in [0.717, 1.165) is 18.7 Å². The third kappa shape index (κ3) is 6.52. The SMILES string of the molecule is CC(C)(C)OC(=O)C(CCCNCC1Cc2ccccc2O1)N(C=O)c1ccccn1. The number of aromatic nitrogens is 1. The number of esters is 1.